The quantitative estimate of drug-likeness (QED) is 0.610. The van der Waals surface area contributed by atoms with Gasteiger partial charge in [0, 0.05) is 30.3 Å². The van der Waals surface area contributed by atoms with Crippen LogP contribution in [0, 0.1) is 5.82 Å². The third-order valence-electron chi connectivity index (χ3n) is 4.49. The Balaban J connectivity index is 1.79. The Morgan fingerprint density at radius 2 is 1.77 bits per heavy atom. The molecule has 1 aliphatic rings. The third kappa shape index (κ3) is 2.91. The number of halogens is 2. The molecule has 136 valence electrons. The Labute approximate surface area is 155 Å². The van der Waals surface area contributed by atoms with Crippen molar-refractivity contribution in [3.63, 3.8) is 0 Å². The van der Waals surface area contributed by atoms with Crippen molar-refractivity contribution in [3.8, 4) is 0 Å². The first-order valence-corrected chi connectivity index (χ1v) is 9.97. The molecule has 1 aromatic heterocycles. The van der Waals surface area contributed by atoms with Gasteiger partial charge < -0.3 is 9.32 Å². The van der Waals surface area contributed by atoms with Gasteiger partial charge in [-0.1, -0.05) is 0 Å². The number of fused-ring (bicyclic) bond motifs is 1. The van der Waals surface area contributed by atoms with Crippen molar-refractivity contribution < 1.29 is 17.2 Å². The minimum Gasteiger partial charge on any atom is -0.462 e. The summed E-state index contributed by atoms with van der Waals surface area (Å²) < 4.78 is 45.0. The first-order chi connectivity index (χ1) is 12.5. The zero-order chi connectivity index (χ0) is 18.3. The van der Waals surface area contributed by atoms with E-state index in [-0.39, 0.29) is 4.90 Å². The molecule has 1 fully saturated rings. The lowest BCUT2D eigenvalue weighted by molar-refractivity contribution is 0.596. The van der Waals surface area contributed by atoms with Crippen LogP contribution in [0.3, 0.4) is 0 Å². The highest BCUT2D eigenvalue weighted by atomic mass is 35.5. The maximum atomic E-state index is 13.1. The van der Waals surface area contributed by atoms with Crippen molar-refractivity contribution in [2.45, 2.75) is 17.7 Å². The van der Waals surface area contributed by atoms with Crippen LogP contribution >= 0.6 is 11.8 Å². The van der Waals surface area contributed by atoms with Gasteiger partial charge in [-0.05, 0) is 55.3 Å². The maximum absolute atomic E-state index is 13.1. The second kappa shape index (κ2) is 6.48. The molecule has 1 aliphatic heterocycles. The first kappa shape index (κ1) is 17.2. The summed E-state index contributed by atoms with van der Waals surface area (Å²) >= 11 is 6.22. The van der Waals surface area contributed by atoms with E-state index in [2.05, 4.69) is 4.90 Å². The van der Waals surface area contributed by atoms with E-state index < -0.39 is 15.8 Å². The molecule has 0 spiro atoms. The fourth-order valence-corrected chi connectivity index (χ4v) is 4.56. The summed E-state index contributed by atoms with van der Waals surface area (Å²) in [5, 5.41) is 0.768. The van der Waals surface area contributed by atoms with Crippen LogP contribution in [0.1, 0.15) is 12.8 Å². The number of benzene rings is 2. The molecule has 2 heterocycles. The minimum atomic E-state index is -4.02. The zero-order valence-electron chi connectivity index (χ0n) is 13.7. The van der Waals surface area contributed by atoms with Gasteiger partial charge in [-0.3, -0.25) is 0 Å². The fourth-order valence-electron chi connectivity index (χ4n) is 3.18. The van der Waals surface area contributed by atoms with Crippen LogP contribution in [0.2, 0.25) is 0 Å². The van der Waals surface area contributed by atoms with E-state index in [1.165, 1.54) is 12.1 Å². The predicted molar refractivity (Wildman–Crippen MR) is 99.6 cm³/mol. The number of anilines is 2. The van der Waals surface area contributed by atoms with Crippen molar-refractivity contribution in [2.75, 3.05) is 21.8 Å². The second-order valence-corrected chi connectivity index (χ2v) is 8.50. The van der Waals surface area contributed by atoms with Crippen LogP contribution in [0.15, 0.2) is 58.0 Å². The van der Waals surface area contributed by atoms with Crippen LogP contribution in [-0.2, 0) is 10.0 Å². The Hall–Kier alpha value is -2.25. The van der Waals surface area contributed by atoms with Gasteiger partial charge in [-0.15, -0.1) is 0 Å². The number of rotatable bonds is 4. The van der Waals surface area contributed by atoms with Crippen molar-refractivity contribution >= 4 is 44.1 Å². The molecule has 5 nitrogen and oxygen atoms in total. The van der Waals surface area contributed by atoms with E-state index in [9.17, 15) is 12.8 Å². The molecule has 26 heavy (non-hydrogen) atoms. The van der Waals surface area contributed by atoms with Crippen LogP contribution < -0.4 is 8.72 Å². The lowest BCUT2D eigenvalue weighted by Gasteiger charge is -2.21. The number of furan rings is 1. The number of sulfonamides is 1. The Kier molecular flexibility index (Phi) is 4.28. The Morgan fingerprint density at radius 3 is 2.46 bits per heavy atom. The summed E-state index contributed by atoms with van der Waals surface area (Å²) in [6.07, 6.45) is 3.72. The summed E-state index contributed by atoms with van der Waals surface area (Å²) in [6.45, 7) is 1.76. The summed E-state index contributed by atoms with van der Waals surface area (Å²) in [7, 11) is -4.02. The molecule has 0 amide bonds. The predicted octanol–water partition coefficient (Wildman–Crippen LogP) is 4.52. The smallest absolute Gasteiger partial charge is 0.278 e. The van der Waals surface area contributed by atoms with Crippen LogP contribution in [-0.4, -0.2) is 21.5 Å². The van der Waals surface area contributed by atoms with Gasteiger partial charge >= 0.3 is 0 Å². The SMILES string of the molecule is O=S(=O)(c1ccc(F)cc1)N(Cl)c1cc(N2CCCC2)c2occc2c1. The van der Waals surface area contributed by atoms with Crippen LogP contribution in [0.4, 0.5) is 15.8 Å². The van der Waals surface area contributed by atoms with E-state index in [1.807, 2.05) is 0 Å². The molecule has 0 unspecified atom stereocenters. The molecule has 1 saturated heterocycles. The van der Waals surface area contributed by atoms with E-state index in [0.717, 1.165) is 49.1 Å². The van der Waals surface area contributed by atoms with Crippen molar-refractivity contribution in [3.05, 3.63) is 54.5 Å². The molecule has 2 aromatic carbocycles. The van der Waals surface area contributed by atoms with Crippen LogP contribution in [0.25, 0.3) is 11.0 Å². The van der Waals surface area contributed by atoms with Gasteiger partial charge in [-0.25, -0.2) is 4.39 Å². The normalized spacial score (nSPS) is 14.9. The van der Waals surface area contributed by atoms with E-state index >= 15 is 0 Å². The number of hydrogen-bond acceptors (Lipinski definition) is 4. The van der Waals surface area contributed by atoms with E-state index in [1.54, 1.807) is 24.5 Å². The number of nitrogens with zero attached hydrogens (tertiary/aromatic N) is 2. The van der Waals surface area contributed by atoms with Crippen molar-refractivity contribution in [1.29, 1.82) is 0 Å². The Bertz CT molecular complexity index is 1040. The zero-order valence-corrected chi connectivity index (χ0v) is 15.3. The third-order valence-corrected chi connectivity index (χ3v) is 6.73. The molecule has 0 atom stereocenters. The highest BCUT2D eigenvalue weighted by Gasteiger charge is 2.26. The average Bonchev–Trinajstić information content (AvgIpc) is 3.32. The Morgan fingerprint density at radius 1 is 1.08 bits per heavy atom. The maximum Gasteiger partial charge on any atom is 0.278 e. The summed E-state index contributed by atoms with van der Waals surface area (Å²) in [5.41, 5.74) is 1.84. The first-order valence-electron chi connectivity index (χ1n) is 8.20. The monoisotopic (exact) mass is 394 g/mol. The average molecular weight is 395 g/mol. The molecule has 8 heteroatoms. The lowest BCUT2D eigenvalue weighted by atomic mass is 10.2. The van der Waals surface area contributed by atoms with Gasteiger partial charge in [-0.2, -0.15) is 12.2 Å². The second-order valence-electron chi connectivity index (χ2n) is 6.17. The number of hydrogen-bond donors (Lipinski definition) is 0. The largest absolute Gasteiger partial charge is 0.462 e. The standard InChI is InChI=1S/C18H16ClFN2O3S/c19-22(26(23,24)16-5-3-14(20)4-6-16)15-11-13-7-10-25-18(13)17(12-15)21-8-1-2-9-21/h3-7,10-12H,1-2,8-9H2. The molecule has 0 N–H and O–H groups in total. The van der Waals surface area contributed by atoms with Gasteiger partial charge in [0.15, 0.2) is 5.58 Å². The molecule has 4 rings (SSSR count). The summed E-state index contributed by atoms with van der Waals surface area (Å²) in [4.78, 5) is 2.08. The molecule has 0 saturated carbocycles. The summed E-state index contributed by atoms with van der Waals surface area (Å²) in [5.74, 6) is -0.513. The molecule has 0 aliphatic carbocycles. The molecule has 0 radical (unpaired) electrons. The van der Waals surface area contributed by atoms with Gasteiger partial charge in [0.2, 0.25) is 0 Å². The van der Waals surface area contributed by atoms with Gasteiger partial charge in [0.25, 0.3) is 10.0 Å². The van der Waals surface area contributed by atoms with Crippen molar-refractivity contribution in [2.24, 2.45) is 0 Å². The van der Waals surface area contributed by atoms with Crippen molar-refractivity contribution in [1.82, 2.24) is 0 Å². The summed E-state index contributed by atoms with van der Waals surface area (Å²) in [6, 6.07) is 9.71. The van der Waals surface area contributed by atoms with Crippen LogP contribution in [0.5, 0.6) is 0 Å². The van der Waals surface area contributed by atoms with Gasteiger partial charge in [0.05, 0.1) is 22.5 Å². The highest BCUT2D eigenvalue weighted by Crippen LogP contribution is 2.37. The van der Waals surface area contributed by atoms with Gasteiger partial charge in [0.1, 0.15) is 5.82 Å². The van der Waals surface area contributed by atoms with E-state index in [0.29, 0.717) is 15.1 Å². The topological polar surface area (TPSA) is 53.8 Å². The molecule has 3 aromatic rings. The molecular weight excluding hydrogens is 379 g/mol. The molecule has 0 bridgehead atoms. The lowest BCUT2D eigenvalue weighted by Crippen LogP contribution is -2.22. The fraction of sp³-hybridized carbons (Fsp3) is 0.222. The molecular formula is C18H16ClFN2O3S. The van der Waals surface area contributed by atoms with E-state index in [4.69, 9.17) is 16.2 Å². The highest BCUT2D eigenvalue weighted by molar-refractivity contribution is 7.94. The minimum absolute atomic E-state index is 0.0797.